The van der Waals surface area contributed by atoms with Crippen molar-refractivity contribution in [1.29, 1.82) is 0 Å². The fourth-order valence-corrected chi connectivity index (χ4v) is 3.38. The summed E-state index contributed by atoms with van der Waals surface area (Å²) in [4.78, 5) is 28.1. The van der Waals surface area contributed by atoms with Gasteiger partial charge in [0.15, 0.2) is 0 Å². The lowest BCUT2D eigenvalue weighted by Gasteiger charge is -2.32. The number of amides is 1. The molecule has 1 aliphatic rings. The highest BCUT2D eigenvalue weighted by atomic mass is 16.2. The third-order valence-electron chi connectivity index (χ3n) is 5.12. The van der Waals surface area contributed by atoms with E-state index in [-0.39, 0.29) is 5.91 Å². The molecule has 0 saturated carbocycles. The minimum atomic E-state index is -0.0291. The molecule has 1 aliphatic heterocycles. The van der Waals surface area contributed by atoms with Crippen LogP contribution in [0.25, 0.3) is 0 Å². The Kier molecular flexibility index (Phi) is 6.46. The third-order valence-corrected chi connectivity index (χ3v) is 5.12. The zero-order chi connectivity index (χ0) is 20.1. The van der Waals surface area contributed by atoms with Crippen LogP contribution in [-0.4, -0.2) is 72.0 Å². The second-order valence-corrected chi connectivity index (χ2v) is 7.16. The van der Waals surface area contributed by atoms with E-state index < -0.39 is 0 Å². The third kappa shape index (κ3) is 4.78. The van der Waals surface area contributed by atoms with Crippen LogP contribution in [0.15, 0.2) is 30.3 Å². The van der Waals surface area contributed by atoms with E-state index in [1.54, 1.807) is 6.07 Å². The van der Waals surface area contributed by atoms with E-state index in [1.807, 2.05) is 24.0 Å². The van der Waals surface area contributed by atoms with Crippen molar-refractivity contribution in [2.24, 2.45) is 0 Å². The molecule has 1 aromatic heterocycles. The van der Waals surface area contributed by atoms with Crippen molar-refractivity contribution in [3.05, 3.63) is 41.7 Å². The molecule has 0 atom stereocenters. The van der Waals surface area contributed by atoms with Crippen LogP contribution in [-0.2, 0) is 0 Å². The number of aromatic nitrogens is 2. The Morgan fingerprint density at radius 1 is 1.07 bits per heavy atom. The van der Waals surface area contributed by atoms with E-state index in [2.05, 4.69) is 58.1 Å². The molecule has 28 heavy (non-hydrogen) atoms. The van der Waals surface area contributed by atoms with Gasteiger partial charge in [-0.05, 0) is 58.2 Å². The molecule has 2 heterocycles. The van der Waals surface area contributed by atoms with Crippen molar-refractivity contribution in [3.8, 4) is 0 Å². The Morgan fingerprint density at radius 2 is 1.71 bits per heavy atom. The smallest absolute Gasteiger partial charge is 0.272 e. The van der Waals surface area contributed by atoms with Gasteiger partial charge in [-0.2, -0.15) is 0 Å². The molecule has 2 aromatic rings. The number of likely N-dealkylation sites (N-methyl/N-ethyl adjacent to an activating group) is 1. The average Bonchev–Trinajstić information content (AvgIpc) is 2.70. The van der Waals surface area contributed by atoms with Gasteiger partial charge >= 0.3 is 0 Å². The van der Waals surface area contributed by atoms with Crippen LogP contribution in [0.5, 0.6) is 0 Å². The Bertz CT molecular complexity index is 795. The molecular weight excluding hydrogens is 352 g/mol. The number of piperazine rings is 1. The summed E-state index contributed by atoms with van der Waals surface area (Å²) in [6.45, 7) is 11.4. The van der Waals surface area contributed by atoms with Gasteiger partial charge < -0.3 is 20.0 Å². The topological polar surface area (TPSA) is 64.6 Å². The van der Waals surface area contributed by atoms with E-state index in [0.29, 0.717) is 11.6 Å². The highest BCUT2D eigenvalue weighted by Crippen LogP contribution is 2.20. The second-order valence-electron chi connectivity index (χ2n) is 7.16. The SMILES string of the molecule is CCN(CC)c1ccc(Nc2nc(C)cc(C(=O)N3CCN(C)CC3)n2)cc1. The van der Waals surface area contributed by atoms with Gasteiger partial charge in [0.05, 0.1) is 0 Å². The van der Waals surface area contributed by atoms with Gasteiger partial charge in [-0.25, -0.2) is 9.97 Å². The predicted molar refractivity (Wildman–Crippen MR) is 113 cm³/mol. The van der Waals surface area contributed by atoms with E-state index in [1.165, 1.54) is 5.69 Å². The van der Waals surface area contributed by atoms with Gasteiger partial charge in [-0.1, -0.05) is 0 Å². The maximum Gasteiger partial charge on any atom is 0.272 e. The molecule has 0 unspecified atom stereocenters. The summed E-state index contributed by atoms with van der Waals surface area (Å²) in [5.41, 5.74) is 3.31. The molecule has 1 saturated heterocycles. The molecule has 0 bridgehead atoms. The molecule has 1 fully saturated rings. The molecule has 1 aromatic carbocycles. The number of hydrogen-bond acceptors (Lipinski definition) is 6. The van der Waals surface area contributed by atoms with Crippen molar-refractivity contribution in [1.82, 2.24) is 19.8 Å². The number of carbonyl (C=O) groups is 1. The van der Waals surface area contributed by atoms with Crippen LogP contribution in [0.1, 0.15) is 30.0 Å². The number of anilines is 3. The summed E-state index contributed by atoms with van der Waals surface area (Å²) < 4.78 is 0. The summed E-state index contributed by atoms with van der Waals surface area (Å²) in [7, 11) is 2.07. The maximum atomic E-state index is 12.8. The van der Waals surface area contributed by atoms with Gasteiger partial charge in [0.2, 0.25) is 5.95 Å². The number of nitrogens with zero attached hydrogens (tertiary/aromatic N) is 5. The Balaban J connectivity index is 1.73. The van der Waals surface area contributed by atoms with Gasteiger partial charge in [0, 0.05) is 56.3 Å². The summed E-state index contributed by atoms with van der Waals surface area (Å²) in [5, 5.41) is 3.23. The largest absolute Gasteiger partial charge is 0.372 e. The highest BCUT2D eigenvalue weighted by Gasteiger charge is 2.22. The lowest BCUT2D eigenvalue weighted by molar-refractivity contribution is 0.0658. The number of benzene rings is 1. The minimum absolute atomic E-state index is 0.0291. The standard InChI is InChI=1S/C21H30N6O/c1-5-26(6-2)18-9-7-17(8-10-18)23-21-22-16(3)15-19(24-21)20(28)27-13-11-25(4)12-14-27/h7-10,15H,5-6,11-14H2,1-4H3,(H,22,23,24). The normalized spacial score (nSPS) is 14.8. The molecule has 3 rings (SSSR count). The van der Waals surface area contributed by atoms with Gasteiger partial charge in [0.1, 0.15) is 5.69 Å². The van der Waals surface area contributed by atoms with Crippen molar-refractivity contribution < 1.29 is 4.79 Å². The first kappa shape index (κ1) is 20.1. The van der Waals surface area contributed by atoms with Crippen molar-refractivity contribution >= 4 is 23.2 Å². The lowest BCUT2D eigenvalue weighted by Crippen LogP contribution is -2.47. The Hall–Kier alpha value is -2.67. The van der Waals surface area contributed by atoms with Crippen LogP contribution in [0.3, 0.4) is 0 Å². The summed E-state index contributed by atoms with van der Waals surface area (Å²) in [6, 6.07) is 9.96. The van der Waals surface area contributed by atoms with Crippen molar-refractivity contribution in [2.45, 2.75) is 20.8 Å². The first-order chi connectivity index (χ1) is 13.5. The number of hydrogen-bond donors (Lipinski definition) is 1. The summed E-state index contributed by atoms with van der Waals surface area (Å²) >= 11 is 0. The molecule has 7 heteroatoms. The van der Waals surface area contributed by atoms with Gasteiger partial charge in [-0.3, -0.25) is 4.79 Å². The van der Waals surface area contributed by atoms with E-state index in [9.17, 15) is 4.79 Å². The van der Waals surface area contributed by atoms with Gasteiger partial charge in [0.25, 0.3) is 5.91 Å². The minimum Gasteiger partial charge on any atom is -0.372 e. The highest BCUT2D eigenvalue weighted by molar-refractivity contribution is 5.92. The fraction of sp³-hybridized carbons (Fsp3) is 0.476. The molecule has 1 N–H and O–H groups in total. The Labute approximate surface area is 167 Å². The molecular formula is C21H30N6O. The molecule has 0 aliphatic carbocycles. The van der Waals surface area contributed by atoms with Crippen molar-refractivity contribution in [2.75, 3.05) is 56.5 Å². The van der Waals surface area contributed by atoms with Crippen LogP contribution >= 0.6 is 0 Å². The predicted octanol–water partition coefficient (Wildman–Crippen LogP) is 2.76. The Morgan fingerprint density at radius 3 is 2.32 bits per heavy atom. The quantitative estimate of drug-likeness (QED) is 0.829. The number of rotatable bonds is 6. The van der Waals surface area contributed by atoms with Gasteiger partial charge in [-0.15, -0.1) is 0 Å². The zero-order valence-electron chi connectivity index (χ0n) is 17.3. The summed E-state index contributed by atoms with van der Waals surface area (Å²) in [6.07, 6.45) is 0. The maximum absolute atomic E-state index is 12.8. The van der Waals surface area contributed by atoms with Crippen LogP contribution in [0.4, 0.5) is 17.3 Å². The van der Waals surface area contributed by atoms with E-state index in [4.69, 9.17) is 0 Å². The van der Waals surface area contributed by atoms with Crippen LogP contribution in [0.2, 0.25) is 0 Å². The monoisotopic (exact) mass is 382 g/mol. The van der Waals surface area contributed by atoms with E-state index >= 15 is 0 Å². The molecule has 7 nitrogen and oxygen atoms in total. The van der Waals surface area contributed by atoms with Crippen LogP contribution in [0, 0.1) is 6.92 Å². The molecule has 150 valence electrons. The zero-order valence-corrected chi connectivity index (χ0v) is 17.3. The number of nitrogens with one attached hydrogen (secondary N) is 1. The first-order valence-corrected chi connectivity index (χ1v) is 9.95. The second kappa shape index (κ2) is 9.01. The average molecular weight is 383 g/mol. The molecule has 0 radical (unpaired) electrons. The van der Waals surface area contributed by atoms with Crippen LogP contribution < -0.4 is 10.2 Å². The molecule has 0 spiro atoms. The van der Waals surface area contributed by atoms with E-state index in [0.717, 1.165) is 50.6 Å². The molecule has 1 amide bonds. The number of carbonyl (C=O) groups excluding carboxylic acids is 1. The summed E-state index contributed by atoms with van der Waals surface area (Å²) in [5.74, 6) is 0.423. The fourth-order valence-electron chi connectivity index (χ4n) is 3.38. The van der Waals surface area contributed by atoms with Crippen molar-refractivity contribution in [3.63, 3.8) is 0 Å². The first-order valence-electron chi connectivity index (χ1n) is 9.95. The lowest BCUT2D eigenvalue weighted by atomic mass is 10.2. The number of aryl methyl sites for hydroxylation is 1.